The van der Waals surface area contributed by atoms with Crippen LogP contribution in [-0.4, -0.2) is 57.1 Å². The van der Waals surface area contributed by atoms with Gasteiger partial charge in [-0.1, -0.05) is 0 Å². The summed E-state index contributed by atoms with van der Waals surface area (Å²) in [5, 5.41) is 0. The van der Waals surface area contributed by atoms with E-state index in [-0.39, 0.29) is 24.8 Å². The minimum atomic E-state index is -0.236. The van der Waals surface area contributed by atoms with Gasteiger partial charge in [-0.2, -0.15) is 0 Å². The molecule has 0 radical (unpaired) electrons. The van der Waals surface area contributed by atoms with Crippen LogP contribution in [0.1, 0.15) is 19.3 Å². The lowest BCUT2D eigenvalue weighted by atomic mass is 10.1. The highest BCUT2D eigenvalue weighted by molar-refractivity contribution is 5.69. The molecule has 3 unspecified atom stereocenters. The quantitative estimate of drug-likeness (QED) is 0.678. The van der Waals surface area contributed by atoms with Gasteiger partial charge in [0.15, 0.2) is 6.29 Å². The zero-order valence-electron chi connectivity index (χ0n) is 10.6. The first-order valence-corrected chi connectivity index (χ1v) is 6.19. The normalized spacial score (nSPS) is 34.1. The summed E-state index contributed by atoms with van der Waals surface area (Å²) in [6.45, 7) is 2.77. The summed E-state index contributed by atoms with van der Waals surface area (Å²) in [7, 11) is 3.53. The first-order chi connectivity index (χ1) is 8.17. The topological polar surface area (TPSA) is 48.0 Å². The van der Waals surface area contributed by atoms with E-state index in [4.69, 9.17) is 9.47 Å². The van der Waals surface area contributed by atoms with Crippen molar-refractivity contribution >= 4 is 5.97 Å². The lowest BCUT2D eigenvalue weighted by Gasteiger charge is -2.15. The molecule has 0 amide bonds. The zero-order valence-corrected chi connectivity index (χ0v) is 10.6. The molecule has 0 aromatic rings. The molecule has 2 saturated heterocycles. The Morgan fingerprint density at radius 1 is 1.53 bits per heavy atom. The monoisotopic (exact) mass is 243 g/mol. The second-order valence-electron chi connectivity index (χ2n) is 4.95. The molecule has 2 rings (SSSR count). The van der Waals surface area contributed by atoms with Gasteiger partial charge in [0, 0.05) is 13.0 Å². The van der Waals surface area contributed by atoms with Crippen molar-refractivity contribution in [3.05, 3.63) is 0 Å². The van der Waals surface area contributed by atoms with Crippen molar-refractivity contribution in [3.63, 3.8) is 0 Å². The highest BCUT2D eigenvalue weighted by Gasteiger charge is 2.31. The smallest absolute Gasteiger partial charge is 0.308 e. The number of hydrogen-bond donors (Lipinski definition) is 0. The Labute approximate surface area is 102 Å². The van der Waals surface area contributed by atoms with Crippen LogP contribution in [0.4, 0.5) is 0 Å². The van der Waals surface area contributed by atoms with Crippen LogP contribution in [0.2, 0.25) is 0 Å². The molecule has 0 aliphatic carbocycles. The molecule has 0 saturated carbocycles. The SMILES string of the molecule is COC(=O)CC1COC(CC2CCN(C)C2)O1. The minimum absolute atomic E-state index is 0.133. The minimum Gasteiger partial charge on any atom is -0.469 e. The Hall–Kier alpha value is -0.650. The molecule has 2 heterocycles. The maximum Gasteiger partial charge on any atom is 0.308 e. The molecular weight excluding hydrogens is 222 g/mol. The number of carbonyl (C=O) groups excluding carboxylic acids is 1. The van der Waals surface area contributed by atoms with Crippen LogP contribution >= 0.6 is 0 Å². The Bertz CT molecular complexity index is 271. The molecule has 3 atom stereocenters. The van der Waals surface area contributed by atoms with Gasteiger partial charge >= 0.3 is 5.97 Å². The van der Waals surface area contributed by atoms with Crippen molar-refractivity contribution in [1.82, 2.24) is 4.90 Å². The summed E-state index contributed by atoms with van der Waals surface area (Å²) in [6.07, 6.45) is 2.16. The van der Waals surface area contributed by atoms with Crippen LogP contribution in [0.25, 0.3) is 0 Å². The van der Waals surface area contributed by atoms with Gasteiger partial charge < -0.3 is 19.1 Å². The summed E-state index contributed by atoms with van der Waals surface area (Å²) < 4.78 is 15.9. The van der Waals surface area contributed by atoms with Crippen molar-refractivity contribution in [2.24, 2.45) is 5.92 Å². The third-order valence-corrected chi connectivity index (χ3v) is 3.45. The molecule has 2 aliphatic rings. The number of rotatable bonds is 4. The van der Waals surface area contributed by atoms with Crippen molar-refractivity contribution in [2.45, 2.75) is 31.7 Å². The summed E-state index contributed by atoms with van der Waals surface area (Å²) in [5.74, 6) is 0.418. The van der Waals surface area contributed by atoms with E-state index in [9.17, 15) is 4.79 Å². The Balaban J connectivity index is 1.69. The van der Waals surface area contributed by atoms with Crippen molar-refractivity contribution in [1.29, 1.82) is 0 Å². The average molecular weight is 243 g/mol. The van der Waals surface area contributed by atoms with Crippen LogP contribution < -0.4 is 0 Å². The van der Waals surface area contributed by atoms with Crippen LogP contribution in [0.15, 0.2) is 0 Å². The lowest BCUT2D eigenvalue weighted by molar-refractivity contribution is -0.144. The maximum absolute atomic E-state index is 11.1. The molecule has 5 heteroatoms. The van der Waals surface area contributed by atoms with E-state index in [2.05, 4.69) is 16.7 Å². The van der Waals surface area contributed by atoms with E-state index in [1.165, 1.54) is 13.5 Å². The van der Waals surface area contributed by atoms with Crippen molar-refractivity contribution < 1.29 is 19.0 Å². The third-order valence-electron chi connectivity index (χ3n) is 3.45. The summed E-state index contributed by atoms with van der Waals surface area (Å²) in [6, 6.07) is 0. The van der Waals surface area contributed by atoms with Gasteiger partial charge in [0.25, 0.3) is 0 Å². The predicted octanol–water partition coefficient (Wildman–Crippen LogP) is 0.633. The molecule has 0 aromatic carbocycles. The third kappa shape index (κ3) is 3.66. The molecule has 2 aliphatic heterocycles. The van der Waals surface area contributed by atoms with Gasteiger partial charge in [0.1, 0.15) is 0 Å². The van der Waals surface area contributed by atoms with E-state index in [1.54, 1.807) is 0 Å². The molecule has 0 N–H and O–H groups in total. The second kappa shape index (κ2) is 5.80. The van der Waals surface area contributed by atoms with Gasteiger partial charge in [-0.25, -0.2) is 0 Å². The number of ether oxygens (including phenoxy) is 3. The average Bonchev–Trinajstić information content (AvgIpc) is 2.89. The molecule has 0 bridgehead atoms. The van der Waals surface area contributed by atoms with E-state index in [0.717, 1.165) is 19.5 Å². The van der Waals surface area contributed by atoms with Crippen LogP contribution in [0, 0.1) is 5.92 Å². The summed E-state index contributed by atoms with van der Waals surface area (Å²) in [5.41, 5.74) is 0. The number of methoxy groups -OCH3 is 1. The number of esters is 1. The van der Waals surface area contributed by atoms with Gasteiger partial charge in [-0.15, -0.1) is 0 Å². The lowest BCUT2D eigenvalue weighted by Crippen LogP contribution is -2.20. The van der Waals surface area contributed by atoms with E-state index in [1.807, 2.05) is 0 Å². The molecular formula is C12H21NO4. The molecule has 0 spiro atoms. The fourth-order valence-electron chi connectivity index (χ4n) is 2.50. The molecule has 17 heavy (non-hydrogen) atoms. The van der Waals surface area contributed by atoms with Crippen LogP contribution in [0.3, 0.4) is 0 Å². The molecule has 0 aromatic heterocycles. The highest BCUT2D eigenvalue weighted by atomic mass is 16.7. The second-order valence-corrected chi connectivity index (χ2v) is 4.95. The fraction of sp³-hybridized carbons (Fsp3) is 0.917. The van der Waals surface area contributed by atoms with Crippen LogP contribution in [0.5, 0.6) is 0 Å². The van der Waals surface area contributed by atoms with Gasteiger partial charge in [0.2, 0.25) is 0 Å². The van der Waals surface area contributed by atoms with E-state index < -0.39 is 0 Å². The summed E-state index contributed by atoms with van der Waals surface area (Å²) >= 11 is 0. The number of hydrogen-bond acceptors (Lipinski definition) is 5. The van der Waals surface area contributed by atoms with Gasteiger partial charge in [0.05, 0.1) is 26.2 Å². The largest absolute Gasteiger partial charge is 0.469 e. The van der Waals surface area contributed by atoms with Crippen molar-refractivity contribution in [3.8, 4) is 0 Å². The molecule has 2 fully saturated rings. The molecule has 98 valence electrons. The highest BCUT2D eigenvalue weighted by Crippen LogP contribution is 2.25. The fourth-order valence-corrected chi connectivity index (χ4v) is 2.50. The Kier molecular flexibility index (Phi) is 4.36. The first kappa shape index (κ1) is 12.8. The Morgan fingerprint density at radius 3 is 3.00 bits per heavy atom. The zero-order chi connectivity index (χ0) is 12.3. The van der Waals surface area contributed by atoms with E-state index in [0.29, 0.717) is 12.5 Å². The first-order valence-electron chi connectivity index (χ1n) is 6.19. The summed E-state index contributed by atoms with van der Waals surface area (Å²) in [4.78, 5) is 13.4. The maximum atomic E-state index is 11.1. The number of nitrogens with zero attached hydrogens (tertiary/aromatic N) is 1. The van der Waals surface area contributed by atoms with E-state index >= 15 is 0 Å². The number of carbonyl (C=O) groups is 1. The van der Waals surface area contributed by atoms with Gasteiger partial charge in [-0.05, 0) is 25.9 Å². The van der Waals surface area contributed by atoms with Gasteiger partial charge in [-0.3, -0.25) is 4.79 Å². The van der Waals surface area contributed by atoms with Crippen LogP contribution in [-0.2, 0) is 19.0 Å². The standard InChI is InChI=1S/C12H21NO4/c1-13-4-3-9(7-13)5-12-16-8-10(17-12)6-11(14)15-2/h9-10,12H,3-8H2,1-2H3. The molecule has 5 nitrogen and oxygen atoms in total. The predicted molar refractivity (Wildman–Crippen MR) is 61.5 cm³/mol. The Morgan fingerprint density at radius 2 is 2.35 bits per heavy atom. The van der Waals surface area contributed by atoms with Crippen molar-refractivity contribution in [2.75, 3.05) is 33.9 Å². The number of likely N-dealkylation sites (tertiary alicyclic amines) is 1.